The molecule has 2 atom stereocenters. The van der Waals surface area contributed by atoms with Crippen molar-refractivity contribution in [3.8, 4) is 0 Å². The standard InChI is InChI=1S/C10H19NO2/c1-4-9(3)13-7-11-8(2)5-6-10(11)12/h8-9H,4-7H2,1-3H3/t8-,9-/m1/s1. The molecule has 0 aromatic rings. The van der Waals surface area contributed by atoms with Crippen molar-refractivity contribution in [3.05, 3.63) is 0 Å². The van der Waals surface area contributed by atoms with Gasteiger partial charge in [-0.2, -0.15) is 0 Å². The average Bonchev–Trinajstić information content (AvgIpc) is 2.43. The van der Waals surface area contributed by atoms with Crippen LogP contribution in [0.5, 0.6) is 0 Å². The van der Waals surface area contributed by atoms with Gasteiger partial charge in [0.25, 0.3) is 0 Å². The molecule has 1 aliphatic rings. The van der Waals surface area contributed by atoms with E-state index in [1.54, 1.807) is 0 Å². The molecular weight excluding hydrogens is 166 g/mol. The molecule has 76 valence electrons. The van der Waals surface area contributed by atoms with Gasteiger partial charge in [0, 0.05) is 12.5 Å². The van der Waals surface area contributed by atoms with Gasteiger partial charge in [-0.25, -0.2) is 0 Å². The molecule has 0 aliphatic carbocycles. The number of amides is 1. The number of likely N-dealkylation sites (tertiary alicyclic amines) is 1. The molecule has 0 aromatic carbocycles. The van der Waals surface area contributed by atoms with Gasteiger partial charge in [-0.15, -0.1) is 0 Å². The van der Waals surface area contributed by atoms with E-state index in [0.717, 1.165) is 12.8 Å². The number of carbonyl (C=O) groups excluding carboxylic acids is 1. The van der Waals surface area contributed by atoms with Gasteiger partial charge < -0.3 is 9.64 Å². The van der Waals surface area contributed by atoms with E-state index in [1.165, 1.54) is 0 Å². The normalized spacial score (nSPS) is 25.3. The lowest BCUT2D eigenvalue weighted by molar-refractivity contribution is -0.136. The summed E-state index contributed by atoms with van der Waals surface area (Å²) >= 11 is 0. The summed E-state index contributed by atoms with van der Waals surface area (Å²) in [6.07, 6.45) is 2.91. The quantitative estimate of drug-likeness (QED) is 0.668. The summed E-state index contributed by atoms with van der Waals surface area (Å²) in [5, 5.41) is 0. The molecule has 13 heavy (non-hydrogen) atoms. The molecule has 3 nitrogen and oxygen atoms in total. The first-order valence-electron chi connectivity index (χ1n) is 5.06. The first-order chi connectivity index (χ1) is 6.15. The second-order valence-corrected chi connectivity index (χ2v) is 3.77. The SMILES string of the molecule is CC[C@@H](C)OCN1C(=O)CC[C@H]1C. The molecular formula is C10H19NO2. The predicted molar refractivity (Wildman–Crippen MR) is 51.2 cm³/mol. The van der Waals surface area contributed by atoms with Crippen LogP contribution in [0.2, 0.25) is 0 Å². The Kier molecular flexibility index (Phi) is 3.72. The molecule has 1 rings (SSSR count). The molecule has 0 aromatic heterocycles. The Bertz CT molecular complexity index is 182. The lowest BCUT2D eigenvalue weighted by atomic mass is 10.2. The predicted octanol–water partition coefficient (Wildman–Crippen LogP) is 1.77. The van der Waals surface area contributed by atoms with E-state index in [0.29, 0.717) is 19.2 Å². The molecule has 1 aliphatic heterocycles. The van der Waals surface area contributed by atoms with E-state index in [2.05, 4.69) is 13.8 Å². The van der Waals surface area contributed by atoms with Gasteiger partial charge >= 0.3 is 0 Å². The lowest BCUT2D eigenvalue weighted by Crippen LogP contribution is -2.34. The zero-order valence-electron chi connectivity index (χ0n) is 8.75. The molecule has 1 heterocycles. The largest absolute Gasteiger partial charge is 0.358 e. The van der Waals surface area contributed by atoms with Gasteiger partial charge in [-0.1, -0.05) is 6.92 Å². The van der Waals surface area contributed by atoms with E-state index >= 15 is 0 Å². The maximum atomic E-state index is 11.3. The monoisotopic (exact) mass is 185 g/mol. The van der Waals surface area contributed by atoms with Crippen molar-refractivity contribution >= 4 is 5.91 Å². The summed E-state index contributed by atoms with van der Waals surface area (Å²) < 4.78 is 5.52. The van der Waals surface area contributed by atoms with Crippen LogP contribution in [0.1, 0.15) is 40.0 Å². The van der Waals surface area contributed by atoms with Gasteiger partial charge in [0.05, 0.1) is 6.10 Å². The summed E-state index contributed by atoms with van der Waals surface area (Å²) in [6, 6.07) is 0.358. The highest BCUT2D eigenvalue weighted by atomic mass is 16.5. The number of nitrogens with zero attached hydrogens (tertiary/aromatic N) is 1. The zero-order chi connectivity index (χ0) is 9.84. The van der Waals surface area contributed by atoms with E-state index in [4.69, 9.17) is 4.74 Å². The number of rotatable bonds is 4. The molecule has 0 bridgehead atoms. The number of carbonyl (C=O) groups is 1. The number of ether oxygens (including phenoxy) is 1. The fourth-order valence-corrected chi connectivity index (χ4v) is 1.40. The van der Waals surface area contributed by atoms with Gasteiger partial charge in [0.15, 0.2) is 0 Å². The molecule has 0 unspecified atom stereocenters. The van der Waals surface area contributed by atoms with Crippen LogP contribution >= 0.6 is 0 Å². The summed E-state index contributed by atoms with van der Waals surface area (Å²) in [5.41, 5.74) is 0. The van der Waals surface area contributed by atoms with Gasteiger partial charge in [-0.3, -0.25) is 4.79 Å². The van der Waals surface area contributed by atoms with Crippen molar-refractivity contribution in [1.29, 1.82) is 0 Å². The molecule has 0 radical (unpaired) electrons. The Balaban J connectivity index is 2.31. The third-order valence-corrected chi connectivity index (χ3v) is 2.70. The topological polar surface area (TPSA) is 29.5 Å². The highest BCUT2D eigenvalue weighted by molar-refractivity contribution is 5.78. The Labute approximate surface area is 80.1 Å². The summed E-state index contributed by atoms with van der Waals surface area (Å²) in [5.74, 6) is 0.232. The van der Waals surface area contributed by atoms with E-state index < -0.39 is 0 Å². The maximum Gasteiger partial charge on any atom is 0.224 e. The third kappa shape index (κ3) is 2.69. The molecule has 0 spiro atoms. The Hall–Kier alpha value is -0.570. The average molecular weight is 185 g/mol. The molecule has 1 saturated heterocycles. The minimum absolute atomic E-state index is 0.232. The van der Waals surface area contributed by atoms with Crippen molar-refractivity contribution in [1.82, 2.24) is 4.90 Å². The van der Waals surface area contributed by atoms with Crippen LogP contribution in [0.15, 0.2) is 0 Å². The highest BCUT2D eigenvalue weighted by Crippen LogP contribution is 2.17. The Morgan fingerprint density at radius 3 is 2.85 bits per heavy atom. The fourth-order valence-electron chi connectivity index (χ4n) is 1.40. The second kappa shape index (κ2) is 4.61. The fraction of sp³-hybridized carbons (Fsp3) is 0.900. The minimum Gasteiger partial charge on any atom is -0.358 e. The van der Waals surface area contributed by atoms with Crippen LogP contribution in [0.4, 0.5) is 0 Å². The van der Waals surface area contributed by atoms with Crippen molar-refractivity contribution in [2.75, 3.05) is 6.73 Å². The van der Waals surface area contributed by atoms with Crippen LogP contribution < -0.4 is 0 Å². The van der Waals surface area contributed by atoms with Crippen molar-refractivity contribution in [3.63, 3.8) is 0 Å². The summed E-state index contributed by atoms with van der Waals surface area (Å²) in [6.45, 7) is 6.66. The maximum absolute atomic E-state index is 11.3. The van der Waals surface area contributed by atoms with Crippen molar-refractivity contribution in [2.45, 2.75) is 52.2 Å². The van der Waals surface area contributed by atoms with Gasteiger partial charge in [0.1, 0.15) is 6.73 Å². The minimum atomic E-state index is 0.232. The molecule has 3 heteroatoms. The Morgan fingerprint density at radius 1 is 1.69 bits per heavy atom. The second-order valence-electron chi connectivity index (χ2n) is 3.77. The van der Waals surface area contributed by atoms with Crippen LogP contribution in [0.25, 0.3) is 0 Å². The third-order valence-electron chi connectivity index (χ3n) is 2.70. The van der Waals surface area contributed by atoms with Crippen LogP contribution in [-0.2, 0) is 9.53 Å². The zero-order valence-corrected chi connectivity index (χ0v) is 8.75. The number of hydrogen-bond acceptors (Lipinski definition) is 2. The molecule has 1 amide bonds. The summed E-state index contributed by atoms with van der Waals surface area (Å²) in [4.78, 5) is 13.2. The van der Waals surface area contributed by atoms with Crippen LogP contribution in [-0.4, -0.2) is 29.7 Å². The van der Waals surface area contributed by atoms with Crippen LogP contribution in [0.3, 0.4) is 0 Å². The van der Waals surface area contributed by atoms with Crippen molar-refractivity contribution in [2.24, 2.45) is 0 Å². The van der Waals surface area contributed by atoms with Crippen molar-refractivity contribution < 1.29 is 9.53 Å². The Morgan fingerprint density at radius 2 is 2.38 bits per heavy atom. The molecule has 0 saturated carbocycles. The van der Waals surface area contributed by atoms with Gasteiger partial charge in [0.2, 0.25) is 5.91 Å². The smallest absolute Gasteiger partial charge is 0.224 e. The van der Waals surface area contributed by atoms with E-state index in [1.807, 2.05) is 11.8 Å². The lowest BCUT2D eigenvalue weighted by Gasteiger charge is -2.23. The highest BCUT2D eigenvalue weighted by Gasteiger charge is 2.27. The van der Waals surface area contributed by atoms with E-state index in [9.17, 15) is 4.79 Å². The van der Waals surface area contributed by atoms with Crippen LogP contribution in [0, 0.1) is 0 Å². The summed E-state index contributed by atoms with van der Waals surface area (Å²) in [7, 11) is 0. The first kappa shape index (κ1) is 10.5. The van der Waals surface area contributed by atoms with Gasteiger partial charge in [-0.05, 0) is 26.7 Å². The first-order valence-corrected chi connectivity index (χ1v) is 5.06. The van der Waals surface area contributed by atoms with E-state index in [-0.39, 0.29) is 12.0 Å². The molecule has 0 N–H and O–H groups in total. The number of hydrogen-bond donors (Lipinski definition) is 0. The molecule has 1 fully saturated rings.